The highest BCUT2D eigenvalue weighted by atomic mass is 27.3. The van der Waals surface area contributed by atoms with Gasteiger partial charge in [0.25, 0.3) is 0 Å². The molecule has 1 unspecified atom stereocenters. The van der Waals surface area contributed by atoms with Crippen LogP contribution in [0.4, 0.5) is 0 Å². The highest BCUT2D eigenvalue weighted by Gasteiger charge is 2.47. The van der Waals surface area contributed by atoms with E-state index in [-0.39, 0.29) is 6.04 Å². The molecule has 6 rings (SSSR count). The average molecular weight is 475 g/mol. The molecule has 6 nitrogen and oxygen atoms in total. The van der Waals surface area contributed by atoms with Crippen LogP contribution in [0.25, 0.3) is 21.8 Å². The highest BCUT2D eigenvalue weighted by Crippen LogP contribution is 2.31. The quantitative estimate of drug-likeness (QED) is 0.346. The third-order valence-corrected chi connectivity index (χ3v) is 7.38. The third kappa shape index (κ3) is 4.28. The molecular weight excluding hydrogens is 453 g/mol. The minimum atomic E-state index is -2.83. The number of nitrogens with zero attached hydrogens (tertiary/aromatic N) is 3. The highest BCUT2D eigenvalue weighted by molar-refractivity contribution is 6.39. The number of hydrogen-bond donors (Lipinski definition) is 0. The van der Waals surface area contributed by atoms with Gasteiger partial charge in [-0.25, -0.2) is 0 Å². The number of allylic oxidation sites excluding steroid dienone is 4. The summed E-state index contributed by atoms with van der Waals surface area (Å²) in [4.78, 5) is 11.2. The van der Waals surface area contributed by atoms with E-state index in [1.54, 1.807) is 12.4 Å². The molecular formula is C28H22AlN3O3. The van der Waals surface area contributed by atoms with E-state index in [1.807, 2.05) is 92.1 Å². The predicted molar refractivity (Wildman–Crippen MR) is 138 cm³/mol. The van der Waals surface area contributed by atoms with E-state index < -0.39 is 15.1 Å². The van der Waals surface area contributed by atoms with Gasteiger partial charge in [-0.3, -0.25) is 9.97 Å². The Morgan fingerprint density at radius 3 is 2.03 bits per heavy atom. The summed E-state index contributed by atoms with van der Waals surface area (Å²) in [5, 5.41) is 1.98. The molecule has 0 saturated carbocycles. The Kier molecular flexibility index (Phi) is 5.71. The first-order valence-electron chi connectivity index (χ1n) is 11.4. The molecule has 1 aliphatic heterocycles. The van der Waals surface area contributed by atoms with E-state index in [0.29, 0.717) is 11.5 Å². The maximum Gasteiger partial charge on any atom is 1.20 e. The molecule has 1 aliphatic carbocycles. The molecule has 2 aromatic heterocycles. The Bertz CT molecular complexity index is 1440. The molecule has 0 N–H and O–H groups in total. The molecule has 0 fully saturated rings. The molecule has 2 aliphatic rings. The van der Waals surface area contributed by atoms with Crippen LogP contribution in [0.1, 0.15) is 0 Å². The van der Waals surface area contributed by atoms with Crippen molar-refractivity contribution in [3.05, 3.63) is 121 Å². The summed E-state index contributed by atoms with van der Waals surface area (Å²) in [7, 11) is 2.03. The van der Waals surface area contributed by atoms with Crippen molar-refractivity contribution in [3.63, 3.8) is 0 Å². The Balaban J connectivity index is 1.38. The third-order valence-electron chi connectivity index (χ3n) is 6.02. The molecule has 7 heteroatoms. The van der Waals surface area contributed by atoms with Crippen molar-refractivity contribution >= 4 is 37.0 Å². The van der Waals surface area contributed by atoms with Crippen molar-refractivity contribution in [1.82, 2.24) is 14.9 Å². The van der Waals surface area contributed by atoms with Crippen LogP contribution in [0, 0.1) is 0 Å². The first kappa shape index (κ1) is 21.5. The van der Waals surface area contributed by atoms with Crippen LogP contribution in [0.15, 0.2) is 121 Å². The topological polar surface area (TPSA) is 56.7 Å². The van der Waals surface area contributed by atoms with Gasteiger partial charge in [0, 0.05) is 30.2 Å². The van der Waals surface area contributed by atoms with Crippen LogP contribution in [-0.4, -0.2) is 43.1 Å². The number of pyridine rings is 2. The molecule has 170 valence electrons. The van der Waals surface area contributed by atoms with Gasteiger partial charge >= 0.3 is 15.1 Å². The van der Waals surface area contributed by atoms with Crippen LogP contribution in [-0.2, 0) is 3.79 Å². The van der Waals surface area contributed by atoms with Crippen molar-refractivity contribution in [2.45, 2.75) is 6.04 Å². The van der Waals surface area contributed by atoms with Gasteiger partial charge in [-0.15, -0.1) is 0 Å². The number of aromatic nitrogens is 2. The van der Waals surface area contributed by atoms with Gasteiger partial charge in [0.05, 0.1) is 5.76 Å². The van der Waals surface area contributed by atoms with Crippen LogP contribution in [0.2, 0.25) is 0 Å². The molecule has 0 saturated heterocycles. The summed E-state index contributed by atoms with van der Waals surface area (Å²) in [5.41, 5.74) is 2.69. The number of rotatable bonds is 6. The van der Waals surface area contributed by atoms with Crippen LogP contribution < -0.4 is 7.58 Å². The minimum absolute atomic E-state index is 0.0384. The smallest absolute Gasteiger partial charge is 0.579 e. The lowest BCUT2D eigenvalue weighted by molar-refractivity contribution is 0.219. The Hall–Kier alpha value is -4.05. The molecule has 35 heavy (non-hydrogen) atoms. The van der Waals surface area contributed by atoms with E-state index in [2.05, 4.69) is 27.0 Å². The van der Waals surface area contributed by atoms with Crippen molar-refractivity contribution < 1.29 is 11.4 Å². The van der Waals surface area contributed by atoms with Crippen molar-refractivity contribution in [2.75, 3.05) is 7.05 Å². The van der Waals surface area contributed by atoms with Crippen LogP contribution in [0.5, 0.6) is 11.5 Å². The zero-order chi connectivity index (χ0) is 23.6. The molecule has 4 aromatic rings. The number of likely N-dealkylation sites (N-methyl/N-ethyl adjacent to an activating group) is 1. The first-order chi connectivity index (χ1) is 17.3. The van der Waals surface area contributed by atoms with Crippen LogP contribution >= 0.6 is 0 Å². The van der Waals surface area contributed by atoms with Crippen molar-refractivity contribution in [2.24, 2.45) is 0 Å². The van der Waals surface area contributed by atoms with E-state index >= 15 is 0 Å². The van der Waals surface area contributed by atoms with Gasteiger partial charge in [-0.1, -0.05) is 54.6 Å². The Morgan fingerprint density at radius 1 is 0.743 bits per heavy atom. The fourth-order valence-electron chi connectivity index (χ4n) is 4.40. The van der Waals surface area contributed by atoms with Gasteiger partial charge in [0.1, 0.15) is 28.6 Å². The monoisotopic (exact) mass is 475 g/mol. The number of fused-ring (bicyclic) bond motifs is 3. The zero-order valence-corrected chi connectivity index (χ0v) is 20.3. The van der Waals surface area contributed by atoms with Crippen molar-refractivity contribution in [3.8, 4) is 11.5 Å². The summed E-state index contributed by atoms with van der Waals surface area (Å²) in [5.74, 6) is 2.05. The van der Waals surface area contributed by atoms with E-state index in [1.165, 1.54) is 0 Å². The SMILES string of the molecule is CN1C=CC=C2C=CC=C([O][Al]([O]c3cccc4cccnc34)[O]c3cccc4cccnc34)C21. The molecule has 2 aromatic carbocycles. The summed E-state index contributed by atoms with van der Waals surface area (Å²) >= 11 is -2.83. The zero-order valence-electron chi connectivity index (χ0n) is 19.1. The second-order valence-corrected chi connectivity index (χ2v) is 9.59. The predicted octanol–water partition coefficient (Wildman–Crippen LogP) is 5.45. The lowest BCUT2D eigenvalue weighted by atomic mass is 9.97. The molecule has 0 bridgehead atoms. The summed E-state index contributed by atoms with van der Waals surface area (Å²) < 4.78 is 19.5. The molecule has 3 heterocycles. The maximum absolute atomic E-state index is 6.57. The molecule has 0 amide bonds. The summed E-state index contributed by atoms with van der Waals surface area (Å²) in [6, 6.07) is 19.5. The maximum atomic E-state index is 6.57. The van der Waals surface area contributed by atoms with E-state index in [4.69, 9.17) is 11.4 Å². The summed E-state index contributed by atoms with van der Waals surface area (Å²) in [6.45, 7) is 0. The van der Waals surface area contributed by atoms with Gasteiger partial charge in [0.15, 0.2) is 0 Å². The fraction of sp³-hybridized carbons (Fsp3) is 0.0714. The lowest BCUT2D eigenvalue weighted by Crippen LogP contribution is -2.40. The van der Waals surface area contributed by atoms with Gasteiger partial charge < -0.3 is 16.3 Å². The standard InChI is InChI=1S/C10H11NO.2C9H7NO.Al/c1-11-7-3-5-8-4-2-6-9(12)10(8)11;2*11-8-5-1-3-7-4-2-6-10-9(7)8;/h2-7,10,12H,1H3;2*1-6,11H;/q;;;+3/p-3. The lowest BCUT2D eigenvalue weighted by Gasteiger charge is -2.34. The second kappa shape index (κ2) is 9.30. The normalized spacial score (nSPS) is 16.5. The fourth-order valence-corrected chi connectivity index (χ4v) is 5.77. The molecule has 0 radical (unpaired) electrons. The van der Waals surface area contributed by atoms with Crippen LogP contribution in [0.3, 0.4) is 0 Å². The number of benzene rings is 2. The molecule has 0 spiro atoms. The summed E-state index contributed by atoms with van der Waals surface area (Å²) in [6.07, 6.45) is 15.8. The van der Waals surface area contributed by atoms with E-state index in [9.17, 15) is 0 Å². The van der Waals surface area contributed by atoms with Crippen molar-refractivity contribution in [1.29, 1.82) is 0 Å². The number of hydrogen-bond acceptors (Lipinski definition) is 6. The number of para-hydroxylation sites is 2. The van der Waals surface area contributed by atoms with E-state index in [0.717, 1.165) is 33.1 Å². The van der Waals surface area contributed by atoms with Gasteiger partial charge in [-0.05, 0) is 48.2 Å². The minimum Gasteiger partial charge on any atom is -0.579 e. The Labute approximate surface area is 208 Å². The molecule has 1 atom stereocenters. The Morgan fingerprint density at radius 2 is 1.37 bits per heavy atom. The second-order valence-electron chi connectivity index (χ2n) is 8.31. The van der Waals surface area contributed by atoms with Gasteiger partial charge in [-0.2, -0.15) is 0 Å². The largest absolute Gasteiger partial charge is 1.20 e. The first-order valence-corrected chi connectivity index (χ1v) is 12.8. The van der Waals surface area contributed by atoms with Gasteiger partial charge in [0.2, 0.25) is 0 Å². The average Bonchev–Trinajstić information content (AvgIpc) is 2.89.